The average molecular weight is 410 g/mol. The molecule has 0 saturated carbocycles. The quantitative estimate of drug-likeness (QED) is 0.722. The fourth-order valence-electron chi connectivity index (χ4n) is 2.18. The van der Waals surface area contributed by atoms with E-state index in [0.29, 0.717) is 23.0 Å². The van der Waals surface area contributed by atoms with Gasteiger partial charge >= 0.3 is 0 Å². The molecule has 0 saturated heterocycles. The van der Waals surface area contributed by atoms with Crippen LogP contribution in [0.4, 0.5) is 5.69 Å². The second-order valence-corrected chi connectivity index (χ2v) is 7.05. The van der Waals surface area contributed by atoms with Crippen molar-refractivity contribution in [1.29, 1.82) is 0 Å². The van der Waals surface area contributed by atoms with E-state index in [1.807, 2.05) is 43.3 Å². The Kier molecular flexibility index (Phi) is 6.99. The van der Waals surface area contributed by atoms with Crippen LogP contribution in [0.25, 0.3) is 0 Å². The number of carbonyl (C=O) groups excluding carboxylic acids is 1. The van der Waals surface area contributed by atoms with Crippen LogP contribution in [-0.4, -0.2) is 25.9 Å². The van der Waals surface area contributed by atoms with Crippen LogP contribution >= 0.6 is 27.7 Å². The third kappa shape index (κ3) is 5.18. The number of amides is 1. The van der Waals surface area contributed by atoms with E-state index < -0.39 is 0 Å². The number of hydrogen-bond donors (Lipinski definition) is 1. The van der Waals surface area contributed by atoms with Crippen molar-refractivity contribution in [3.8, 4) is 11.5 Å². The Balaban J connectivity index is 1.90. The highest BCUT2D eigenvalue weighted by atomic mass is 79.9. The van der Waals surface area contributed by atoms with E-state index in [9.17, 15) is 4.79 Å². The molecule has 4 nitrogen and oxygen atoms in total. The van der Waals surface area contributed by atoms with Crippen LogP contribution in [-0.2, 0) is 10.5 Å². The van der Waals surface area contributed by atoms with Gasteiger partial charge in [-0.15, -0.1) is 11.8 Å². The molecule has 0 radical (unpaired) electrons. The molecule has 2 aromatic carbocycles. The number of benzene rings is 2. The molecule has 0 unspecified atom stereocenters. The highest BCUT2D eigenvalue weighted by Crippen LogP contribution is 2.34. The number of nitrogens with one attached hydrogen (secondary N) is 1. The lowest BCUT2D eigenvalue weighted by molar-refractivity contribution is -0.113. The zero-order valence-corrected chi connectivity index (χ0v) is 16.3. The number of thioether (sulfide) groups is 1. The average Bonchev–Trinajstić information content (AvgIpc) is 2.55. The first-order chi connectivity index (χ1) is 11.5. The first-order valence-electron chi connectivity index (χ1n) is 7.38. The van der Waals surface area contributed by atoms with Crippen molar-refractivity contribution >= 4 is 39.3 Å². The van der Waals surface area contributed by atoms with Gasteiger partial charge in [0.2, 0.25) is 5.91 Å². The third-order valence-electron chi connectivity index (χ3n) is 3.35. The van der Waals surface area contributed by atoms with Gasteiger partial charge in [-0.2, -0.15) is 0 Å². The summed E-state index contributed by atoms with van der Waals surface area (Å²) in [4.78, 5) is 12.0. The van der Waals surface area contributed by atoms with Gasteiger partial charge in [0, 0.05) is 15.9 Å². The maximum absolute atomic E-state index is 12.0. The molecule has 128 valence electrons. The molecular formula is C18H20BrNO3S. The lowest BCUT2D eigenvalue weighted by Crippen LogP contribution is -2.14. The maximum Gasteiger partial charge on any atom is 0.234 e. The van der Waals surface area contributed by atoms with Crippen LogP contribution in [0, 0.1) is 6.92 Å². The molecule has 0 aliphatic rings. The number of anilines is 1. The van der Waals surface area contributed by atoms with Gasteiger partial charge in [-0.25, -0.2) is 0 Å². The Morgan fingerprint density at radius 3 is 2.54 bits per heavy atom. The number of aryl methyl sites for hydroxylation is 1. The molecule has 0 heterocycles. The van der Waals surface area contributed by atoms with Crippen molar-refractivity contribution in [2.75, 3.05) is 25.3 Å². The Morgan fingerprint density at radius 1 is 1.17 bits per heavy atom. The molecule has 0 fully saturated rings. The molecule has 0 aliphatic carbocycles. The van der Waals surface area contributed by atoms with E-state index in [2.05, 4.69) is 21.2 Å². The highest BCUT2D eigenvalue weighted by molar-refractivity contribution is 9.10. The first-order valence-corrected chi connectivity index (χ1v) is 9.33. The zero-order chi connectivity index (χ0) is 17.5. The van der Waals surface area contributed by atoms with E-state index >= 15 is 0 Å². The number of methoxy groups -OCH3 is 2. The summed E-state index contributed by atoms with van der Waals surface area (Å²) >= 11 is 5.08. The van der Waals surface area contributed by atoms with Crippen molar-refractivity contribution in [3.63, 3.8) is 0 Å². The second-order valence-electron chi connectivity index (χ2n) is 5.21. The minimum atomic E-state index is -0.0119. The standard InChI is InChI=1S/C18H20BrNO3S/c1-12-5-4-6-14(7-12)20-18(21)11-24-10-13-8-16(22-2)17(23-3)9-15(13)19/h4-9H,10-11H2,1-3H3,(H,20,21). The van der Waals surface area contributed by atoms with Crippen molar-refractivity contribution in [2.45, 2.75) is 12.7 Å². The van der Waals surface area contributed by atoms with Crippen LogP contribution in [0.1, 0.15) is 11.1 Å². The molecule has 0 spiro atoms. The van der Waals surface area contributed by atoms with Crippen molar-refractivity contribution < 1.29 is 14.3 Å². The van der Waals surface area contributed by atoms with Crippen molar-refractivity contribution in [2.24, 2.45) is 0 Å². The summed E-state index contributed by atoms with van der Waals surface area (Å²) in [6, 6.07) is 11.6. The van der Waals surface area contributed by atoms with Gasteiger partial charge in [-0.05, 0) is 42.3 Å². The SMILES string of the molecule is COc1cc(Br)c(CSCC(=O)Nc2cccc(C)c2)cc1OC. The summed E-state index contributed by atoms with van der Waals surface area (Å²) in [7, 11) is 3.21. The molecule has 0 atom stereocenters. The fourth-order valence-corrected chi connectivity index (χ4v) is 3.65. The highest BCUT2D eigenvalue weighted by Gasteiger charge is 2.10. The van der Waals surface area contributed by atoms with Crippen LogP contribution < -0.4 is 14.8 Å². The van der Waals surface area contributed by atoms with Crippen LogP contribution in [0.5, 0.6) is 11.5 Å². The predicted octanol–water partition coefficient (Wildman–Crippen LogP) is 4.65. The van der Waals surface area contributed by atoms with Gasteiger partial charge in [0.25, 0.3) is 0 Å². The molecule has 2 aromatic rings. The number of ether oxygens (including phenoxy) is 2. The van der Waals surface area contributed by atoms with Crippen molar-refractivity contribution in [1.82, 2.24) is 0 Å². The van der Waals surface area contributed by atoms with E-state index in [-0.39, 0.29) is 5.91 Å². The van der Waals surface area contributed by atoms with Gasteiger partial charge < -0.3 is 14.8 Å². The zero-order valence-electron chi connectivity index (χ0n) is 13.9. The Morgan fingerprint density at radius 2 is 1.88 bits per heavy atom. The number of rotatable bonds is 7. The minimum Gasteiger partial charge on any atom is -0.493 e. The molecule has 0 aliphatic heterocycles. The van der Waals surface area contributed by atoms with E-state index in [4.69, 9.17) is 9.47 Å². The molecule has 6 heteroatoms. The van der Waals surface area contributed by atoms with Crippen molar-refractivity contribution in [3.05, 3.63) is 52.0 Å². The Hall–Kier alpha value is -1.66. The van der Waals surface area contributed by atoms with Gasteiger partial charge in [-0.1, -0.05) is 28.1 Å². The van der Waals surface area contributed by atoms with Crippen LogP contribution in [0.3, 0.4) is 0 Å². The van der Waals surface area contributed by atoms with Crippen LogP contribution in [0.2, 0.25) is 0 Å². The molecule has 2 rings (SSSR count). The molecule has 1 N–H and O–H groups in total. The Bertz CT molecular complexity index is 721. The lowest BCUT2D eigenvalue weighted by atomic mass is 10.2. The molecule has 24 heavy (non-hydrogen) atoms. The Labute approximate surface area is 155 Å². The maximum atomic E-state index is 12.0. The first kappa shape index (κ1) is 18.7. The monoisotopic (exact) mass is 409 g/mol. The molecular weight excluding hydrogens is 390 g/mol. The van der Waals surface area contributed by atoms with Gasteiger partial charge in [0.1, 0.15) is 0 Å². The van der Waals surface area contributed by atoms with E-state index in [1.54, 1.807) is 26.0 Å². The summed E-state index contributed by atoms with van der Waals surface area (Å²) in [6.45, 7) is 2.00. The number of carbonyl (C=O) groups is 1. The summed E-state index contributed by atoms with van der Waals surface area (Å²) in [6.07, 6.45) is 0. The van der Waals surface area contributed by atoms with E-state index in [0.717, 1.165) is 21.3 Å². The van der Waals surface area contributed by atoms with E-state index in [1.165, 1.54) is 0 Å². The van der Waals surface area contributed by atoms with Crippen LogP contribution in [0.15, 0.2) is 40.9 Å². The summed E-state index contributed by atoms with van der Waals surface area (Å²) in [5.74, 6) is 2.43. The smallest absolute Gasteiger partial charge is 0.234 e. The third-order valence-corrected chi connectivity index (χ3v) is 5.06. The lowest BCUT2D eigenvalue weighted by Gasteiger charge is -2.12. The summed E-state index contributed by atoms with van der Waals surface area (Å²) < 4.78 is 11.5. The topological polar surface area (TPSA) is 47.6 Å². The fraction of sp³-hybridized carbons (Fsp3) is 0.278. The largest absolute Gasteiger partial charge is 0.493 e. The summed E-state index contributed by atoms with van der Waals surface area (Å²) in [5, 5.41) is 2.91. The second kappa shape index (κ2) is 8.99. The molecule has 0 aromatic heterocycles. The molecule has 0 bridgehead atoms. The minimum absolute atomic E-state index is 0.0119. The summed E-state index contributed by atoms with van der Waals surface area (Å²) in [5.41, 5.74) is 3.00. The number of hydrogen-bond acceptors (Lipinski definition) is 4. The number of halogens is 1. The van der Waals surface area contributed by atoms with Gasteiger partial charge in [-0.3, -0.25) is 4.79 Å². The van der Waals surface area contributed by atoms with Gasteiger partial charge in [0.05, 0.1) is 20.0 Å². The predicted molar refractivity (Wildman–Crippen MR) is 103 cm³/mol. The normalized spacial score (nSPS) is 10.3. The molecule has 1 amide bonds. The van der Waals surface area contributed by atoms with Gasteiger partial charge in [0.15, 0.2) is 11.5 Å².